The number of fused-ring (bicyclic) bond motifs is 1. The van der Waals surface area contributed by atoms with E-state index < -0.39 is 40.5 Å². The molecule has 0 spiro atoms. The van der Waals surface area contributed by atoms with E-state index in [1.165, 1.54) is 9.47 Å². The third kappa shape index (κ3) is 5.89. The van der Waals surface area contributed by atoms with E-state index >= 15 is 0 Å². The number of ether oxygens (including phenoxy) is 1. The minimum absolute atomic E-state index is 0.0412. The number of halogens is 6. The number of nitrogens with one attached hydrogen (secondary N) is 1. The molecule has 4 rings (SSSR count). The Balaban J connectivity index is 1.26. The van der Waals surface area contributed by atoms with Crippen LogP contribution < -0.4 is 10.5 Å². The van der Waals surface area contributed by atoms with Gasteiger partial charge in [-0.25, -0.2) is 15.1 Å². The van der Waals surface area contributed by atoms with E-state index in [0.717, 1.165) is 12.4 Å². The molecule has 0 aliphatic carbocycles. The van der Waals surface area contributed by atoms with Gasteiger partial charge in [0.15, 0.2) is 0 Å². The fraction of sp³-hybridized carbons (Fsp3) is 0.500. The lowest BCUT2D eigenvalue weighted by atomic mass is 10.2. The summed E-state index contributed by atoms with van der Waals surface area (Å²) >= 11 is 0. The highest BCUT2D eigenvalue weighted by Crippen LogP contribution is 2.36. The van der Waals surface area contributed by atoms with Crippen LogP contribution in [0.4, 0.5) is 32.3 Å². The highest BCUT2D eigenvalue weighted by molar-refractivity contribution is 5.83. The van der Waals surface area contributed by atoms with Crippen molar-refractivity contribution in [2.45, 2.75) is 31.7 Å². The molecule has 1 amide bonds. The van der Waals surface area contributed by atoms with Gasteiger partial charge in [0, 0.05) is 57.4 Å². The molecule has 1 N–H and O–H groups in total. The first-order valence-corrected chi connectivity index (χ1v) is 11.5. The standard InChI is InChI=1S/C22H23F6N7O3/c1-13(35-11-15(22(26,27)28)18-16(35)10-31-32-19(18)37)2-7-38-12-17(36)33-3-5-34(6-4-33)20-29-8-14(9-30-20)21(23,24)25/h8-11,13H,2-7,12H2,1H3,(H,32,37). The summed E-state index contributed by atoms with van der Waals surface area (Å²) < 4.78 is 85.1. The van der Waals surface area contributed by atoms with E-state index in [1.807, 2.05) is 5.10 Å². The smallest absolute Gasteiger partial charge is 0.372 e. The van der Waals surface area contributed by atoms with Crippen LogP contribution in [-0.2, 0) is 21.9 Å². The van der Waals surface area contributed by atoms with Crippen LogP contribution in [0.3, 0.4) is 0 Å². The van der Waals surface area contributed by atoms with Gasteiger partial charge in [-0.05, 0) is 13.3 Å². The molecular formula is C22H23F6N7O3. The zero-order valence-electron chi connectivity index (χ0n) is 20.0. The Morgan fingerprint density at radius 2 is 1.71 bits per heavy atom. The number of aromatic nitrogens is 5. The van der Waals surface area contributed by atoms with E-state index in [1.54, 1.807) is 11.8 Å². The summed E-state index contributed by atoms with van der Waals surface area (Å²) in [6.07, 6.45) is -5.53. The number of amides is 1. The molecule has 1 unspecified atom stereocenters. The second kappa shape index (κ2) is 10.6. The predicted molar refractivity (Wildman–Crippen MR) is 121 cm³/mol. The summed E-state index contributed by atoms with van der Waals surface area (Å²) in [5, 5.41) is 5.13. The molecule has 3 aromatic rings. The lowest BCUT2D eigenvalue weighted by Gasteiger charge is -2.34. The van der Waals surface area contributed by atoms with Crippen molar-refractivity contribution in [1.29, 1.82) is 0 Å². The van der Waals surface area contributed by atoms with Crippen molar-refractivity contribution in [2.24, 2.45) is 0 Å². The third-order valence-electron chi connectivity index (χ3n) is 6.22. The Hall–Kier alpha value is -3.69. The summed E-state index contributed by atoms with van der Waals surface area (Å²) in [6.45, 7) is 2.72. The fourth-order valence-electron chi connectivity index (χ4n) is 4.13. The zero-order valence-corrected chi connectivity index (χ0v) is 20.0. The largest absolute Gasteiger partial charge is 0.419 e. The van der Waals surface area contributed by atoms with Crippen molar-refractivity contribution in [1.82, 2.24) is 29.6 Å². The molecule has 16 heteroatoms. The number of alkyl halides is 6. The number of H-pyrrole nitrogens is 1. The average molecular weight is 547 g/mol. The van der Waals surface area contributed by atoms with E-state index in [-0.39, 0.29) is 37.0 Å². The molecule has 1 saturated heterocycles. The molecule has 206 valence electrons. The van der Waals surface area contributed by atoms with Gasteiger partial charge in [0.05, 0.1) is 28.2 Å². The minimum Gasteiger partial charge on any atom is -0.372 e. The Kier molecular flexibility index (Phi) is 7.62. The lowest BCUT2D eigenvalue weighted by Crippen LogP contribution is -2.50. The van der Waals surface area contributed by atoms with Crippen molar-refractivity contribution in [3.8, 4) is 0 Å². The number of rotatable bonds is 7. The number of anilines is 1. The Morgan fingerprint density at radius 1 is 1.05 bits per heavy atom. The van der Waals surface area contributed by atoms with Gasteiger partial charge in [-0.3, -0.25) is 9.59 Å². The van der Waals surface area contributed by atoms with Gasteiger partial charge in [-0.15, -0.1) is 0 Å². The fourth-order valence-corrected chi connectivity index (χ4v) is 4.13. The SMILES string of the molecule is CC(CCOCC(=O)N1CCN(c2ncc(C(F)(F)F)cn2)CC1)n1cc(C(F)(F)F)c2c(=O)[nH]ncc21. The summed E-state index contributed by atoms with van der Waals surface area (Å²) in [7, 11) is 0. The first-order chi connectivity index (χ1) is 17.9. The number of carbonyl (C=O) groups is 1. The predicted octanol–water partition coefficient (Wildman–Crippen LogP) is 2.87. The highest BCUT2D eigenvalue weighted by atomic mass is 19.4. The van der Waals surface area contributed by atoms with E-state index in [9.17, 15) is 35.9 Å². The van der Waals surface area contributed by atoms with Crippen molar-refractivity contribution in [3.63, 3.8) is 0 Å². The number of piperazine rings is 1. The Morgan fingerprint density at radius 3 is 2.32 bits per heavy atom. The molecule has 38 heavy (non-hydrogen) atoms. The van der Waals surface area contributed by atoms with Gasteiger partial charge >= 0.3 is 12.4 Å². The number of carbonyl (C=O) groups excluding carboxylic acids is 1. The lowest BCUT2D eigenvalue weighted by molar-refractivity contribution is -0.138. The monoisotopic (exact) mass is 547 g/mol. The summed E-state index contributed by atoms with van der Waals surface area (Å²) in [6, 6.07) is -0.486. The van der Waals surface area contributed by atoms with E-state index in [4.69, 9.17) is 4.74 Å². The second-order valence-corrected chi connectivity index (χ2v) is 8.73. The van der Waals surface area contributed by atoms with Gasteiger partial charge in [0.2, 0.25) is 11.9 Å². The molecule has 0 aromatic carbocycles. The maximum atomic E-state index is 13.4. The van der Waals surface area contributed by atoms with Crippen LogP contribution in [0.2, 0.25) is 0 Å². The van der Waals surface area contributed by atoms with Crippen LogP contribution in [0.15, 0.2) is 29.6 Å². The first kappa shape index (κ1) is 27.3. The highest BCUT2D eigenvalue weighted by Gasteiger charge is 2.36. The molecular weight excluding hydrogens is 524 g/mol. The molecule has 1 aliphatic heterocycles. The molecule has 3 aromatic heterocycles. The van der Waals surface area contributed by atoms with Gasteiger partial charge in [-0.2, -0.15) is 31.4 Å². The zero-order chi connectivity index (χ0) is 27.7. The van der Waals surface area contributed by atoms with Crippen LogP contribution in [0.25, 0.3) is 10.9 Å². The van der Waals surface area contributed by atoms with Crippen molar-refractivity contribution in [3.05, 3.63) is 46.3 Å². The number of hydrogen-bond acceptors (Lipinski definition) is 7. The topological polar surface area (TPSA) is 109 Å². The molecule has 0 radical (unpaired) electrons. The van der Waals surface area contributed by atoms with E-state index in [0.29, 0.717) is 38.6 Å². The van der Waals surface area contributed by atoms with Crippen LogP contribution in [0, 0.1) is 0 Å². The van der Waals surface area contributed by atoms with Gasteiger partial charge in [-0.1, -0.05) is 0 Å². The first-order valence-electron chi connectivity index (χ1n) is 11.5. The molecule has 0 saturated carbocycles. The van der Waals surface area contributed by atoms with Gasteiger partial charge in [0.25, 0.3) is 5.56 Å². The maximum absolute atomic E-state index is 13.4. The van der Waals surface area contributed by atoms with Crippen LogP contribution in [0.1, 0.15) is 30.5 Å². The molecule has 0 bridgehead atoms. The van der Waals surface area contributed by atoms with Crippen molar-refractivity contribution in [2.75, 3.05) is 44.3 Å². The Bertz CT molecular complexity index is 1330. The molecule has 4 heterocycles. The molecule has 1 fully saturated rings. The van der Waals surface area contributed by atoms with E-state index in [2.05, 4.69) is 15.1 Å². The van der Waals surface area contributed by atoms with Gasteiger partial charge < -0.3 is 19.1 Å². The molecule has 10 nitrogen and oxygen atoms in total. The average Bonchev–Trinajstić information content (AvgIpc) is 3.28. The van der Waals surface area contributed by atoms with Crippen LogP contribution in [-0.4, -0.2) is 74.9 Å². The van der Waals surface area contributed by atoms with Crippen LogP contribution >= 0.6 is 0 Å². The maximum Gasteiger partial charge on any atom is 0.419 e. The number of aromatic amines is 1. The van der Waals surface area contributed by atoms with Crippen molar-refractivity contribution >= 4 is 22.8 Å². The number of nitrogens with zero attached hydrogens (tertiary/aromatic N) is 6. The second-order valence-electron chi connectivity index (χ2n) is 8.73. The third-order valence-corrected chi connectivity index (χ3v) is 6.22. The van der Waals surface area contributed by atoms with Crippen molar-refractivity contribution < 1.29 is 35.9 Å². The normalized spacial score (nSPS) is 15.8. The molecule has 1 aliphatic rings. The minimum atomic E-state index is -4.72. The summed E-state index contributed by atoms with van der Waals surface area (Å²) in [5.41, 5.74) is -2.90. The number of hydrogen-bond donors (Lipinski definition) is 1. The summed E-state index contributed by atoms with van der Waals surface area (Å²) in [4.78, 5) is 35.2. The Labute approximate surface area is 211 Å². The quantitative estimate of drug-likeness (QED) is 0.358. The summed E-state index contributed by atoms with van der Waals surface area (Å²) in [5.74, 6) is -0.161. The van der Waals surface area contributed by atoms with Crippen LogP contribution in [0.5, 0.6) is 0 Å². The van der Waals surface area contributed by atoms with Gasteiger partial charge in [0.1, 0.15) is 6.61 Å². The molecule has 1 atom stereocenters.